The molecule has 196 valence electrons. The quantitative estimate of drug-likeness (QED) is 0.171. The van der Waals surface area contributed by atoms with E-state index in [4.69, 9.17) is 25.1 Å². The third-order valence-corrected chi connectivity index (χ3v) is 6.40. The molecular formula is C29H31N5O4. The highest BCUT2D eigenvalue weighted by Gasteiger charge is 2.54. The Bertz CT molecular complexity index is 1320. The molecule has 0 fully saturated rings. The number of carbonyl (C=O) groups is 1. The van der Waals surface area contributed by atoms with E-state index in [-0.39, 0.29) is 25.5 Å². The van der Waals surface area contributed by atoms with E-state index in [2.05, 4.69) is 10.0 Å². The van der Waals surface area contributed by atoms with Crippen LogP contribution >= 0.6 is 0 Å². The van der Waals surface area contributed by atoms with Crippen molar-refractivity contribution in [1.29, 1.82) is 0 Å². The number of hydrogen-bond donors (Lipinski definition) is 1. The summed E-state index contributed by atoms with van der Waals surface area (Å²) in [6.45, 7) is 0.654. The SMILES string of the molecule is CN(C)C(=O)[C@]1(Cc2ccccc2CN=[N+]=[N-])N=C(c2ccc(OCCCO)cc2)O[C@@H]1c1ccccc1. The molecule has 3 aromatic carbocycles. The van der Waals surface area contributed by atoms with Gasteiger partial charge in [-0.15, -0.1) is 0 Å². The number of aliphatic hydroxyl groups excluding tert-OH is 1. The second kappa shape index (κ2) is 12.3. The molecule has 2 atom stereocenters. The van der Waals surface area contributed by atoms with Gasteiger partial charge in [0.1, 0.15) is 5.75 Å². The van der Waals surface area contributed by atoms with Crippen LogP contribution in [0.4, 0.5) is 0 Å². The lowest BCUT2D eigenvalue weighted by Gasteiger charge is -2.33. The van der Waals surface area contributed by atoms with Gasteiger partial charge in [0.25, 0.3) is 5.91 Å². The van der Waals surface area contributed by atoms with Gasteiger partial charge in [-0.3, -0.25) is 4.79 Å². The highest BCUT2D eigenvalue weighted by Crippen LogP contribution is 2.43. The first-order valence-corrected chi connectivity index (χ1v) is 12.4. The molecule has 9 heteroatoms. The molecule has 4 rings (SSSR count). The molecule has 0 saturated heterocycles. The molecule has 0 aliphatic carbocycles. The van der Waals surface area contributed by atoms with E-state index in [0.29, 0.717) is 24.7 Å². The standard InChI is InChI=1S/C29H31N5O4/c1-34(2)28(36)29(19-23-11-6-7-12-24(23)20-31-33-30)26(21-9-4-3-5-10-21)38-27(32-29)22-13-15-25(16-14-22)37-18-8-17-35/h3-7,9-16,26,35H,8,17-20H2,1-2H3/t26-,29-/m1/s1. The van der Waals surface area contributed by atoms with Gasteiger partial charge in [0.15, 0.2) is 11.6 Å². The maximum absolute atomic E-state index is 14.0. The lowest BCUT2D eigenvalue weighted by atomic mass is 9.80. The number of amides is 1. The number of hydrogen-bond acceptors (Lipinski definition) is 6. The lowest BCUT2D eigenvalue weighted by Crippen LogP contribution is -2.49. The highest BCUT2D eigenvalue weighted by atomic mass is 16.5. The second-order valence-electron chi connectivity index (χ2n) is 9.23. The maximum Gasteiger partial charge on any atom is 0.254 e. The first kappa shape index (κ1) is 26.7. The third kappa shape index (κ3) is 5.80. The molecule has 0 bridgehead atoms. The topological polar surface area (TPSA) is 120 Å². The summed E-state index contributed by atoms with van der Waals surface area (Å²) in [6, 6.07) is 24.6. The predicted octanol–water partition coefficient (Wildman–Crippen LogP) is 4.85. The van der Waals surface area contributed by atoms with Crippen molar-refractivity contribution in [2.75, 3.05) is 27.3 Å². The highest BCUT2D eigenvalue weighted by molar-refractivity contribution is 6.01. The zero-order valence-electron chi connectivity index (χ0n) is 21.5. The van der Waals surface area contributed by atoms with Gasteiger partial charge in [0.05, 0.1) is 13.2 Å². The van der Waals surface area contributed by atoms with Gasteiger partial charge in [0.2, 0.25) is 5.90 Å². The smallest absolute Gasteiger partial charge is 0.254 e. The van der Waals surface area contributed by atoms with E-state index in [1.165, 1.54) is 0 Å². The normalized spacial score (nSPS) is 18.2. The largest absolute Gasteiger partial charge is 0.494 e. The Labute approximate surface area is 222 Å². The fourth-order valence-corrected chi connectivity index (χ4v) is 4.57. The molecule has 0 aromatic heterocycles. The van der Waals surface area contributed by atoms with Crippen LogP contribution in [0, 0.1) is 0 Å². The fourth-order valence-electron chi connectivity index (χ4n) is 4.57. The van der Waals surface area contributed by atoms with Crippen LogP contribution in [0.15, 0.2) is 89.0 Å². The van der Waals surface area contributed by atoms with E-state index in [0.717, 1.165) is 22.3 Å². The van der Waals surface area contributed by atoms with Crippen molar-refractivity contribution in [2.24, 2.45) is 10.1 Å². The average Bonchev–Trinajstić information content (AvgIpc) is 3.33. The van der Waals surface area contributed by atoms with Gasteiger partial charge in [0, 0.05) is 44.0 Å². The number of ether oxygens (including phenoxy) is 2. The molecule has 1 N–H and O–H groups in total. The zero-order chi connectivity index (χ0) is 27.0. The van der Waals surface area contributed by atoms with E-state index < -0.39 is 11.6 Å². The Morgan fingerprint density at radius 1 is 1.08 bits per heavy atom. The Morgan fingerprint density at radius 3 is 2.42 bits per heavy atom. The minimum absolute atomic E-state index is 0.0670. The molecule has 1 aliphatic heterocycles. The van der Waals surface area contributed by atoms with Crippen molar-refractivity contribution in [1.82, 2.24) is 4.90 Å². The van der Waals surface area contributed by atoms with Crippen molar-refractivity contribution in [3.05, 3.63) is 112 Å². The molecule has 1 aliphatic rings. The van der Waals surface area contributed by atoms with Crippen LogP contribution in [0.2, 0.25) is 0 Å². The predicted molar refractivity (Wildman–Crippen MR) is 145 cm³/mol. The van der Waals surface area contributed by atoms with E-state index in [1.807, 2.05) is 78.9 Å². The first-order valence-electron chi connectivity index (χ1n) is 12.4. The summed E-state index contributed by atoms with van der Waals surface area (Å²) in [7, 11) is 3.42. The fraction of sp³-hybridized carbons (Fsp3) is 0.310. The molecule has 38 heavy (non-hydrogen) atoms. The van der Waals surface area contributed by atoms with Crippen molar-refractivity contribution >= 4 is 11.8 Å². The Kier molecular flexibility index (Phi) is 8.63. The first-order chi connectivity index (χ1) is 18.5. The average molecular weight is 514 g/mol. The van der Waals surface area contributed by atoms with Crippen molar-refractivity contribution in [3.63, 3.8) is 0 Å². The van der Waals surface area contributed by atoms with Crippen LogP contribution in [-0.4, -0.2) is 54.7 Å². The minimum Gasteiger partial charge on any atom is -0.494 e. The molecule has 0 spiro atoms. The van der Waals surface area contributed by atoms with Crippen LogP contribution in [0.5, 0.6) is 5.75 Å². The monoisotopic (exact) mass is 513 g/mol. The summed E-state index contributed by atoms with van der Waals surface area (Å²) in [5, 5.41) is 12.7. The molecule has 1 heterocycles. The van der Waals surface area contributed by atoms with E-state index in [9.17, 15) is 4.79 Å². The number of rotatable bonds is 11. The summed E-state index contributed by atoms with van der Waals surface area (Å²) in [5.41, 5.74) is 10.8. The molecule has 1 amide bonds. The summed E-state index contributed by atoms with van der Waals surface area (Å²) >= 11 is 0. The molecule has 0 unspecified atom stereocenters. The number of carbonyl (C=O) groups excluding carboxylic acids is 1. The van der Waals surface area contributed by atoms with Gasteiger partial charge in [-0.1, -0.05) is 59.7 Å². The van der Waals surface area contributed by atoms with Crippen LogP contribution in [0.3, 0.4) is 0 Å². The molecule has 0 radical (unpaired) electrons. The van der Waals surface area contributed by atoms with Crippen molar-refractivity contribution < 1.29 is 19.4 Å². The van der Waals surface area contributed by atoms with Gasteiger partial charge >= 0.3 is 0 Å². The maximum atomic E-state index is 14.0. The summed E-state index contributed by atoms with van der Waals surface area (Å²) in [4.78, 5) is 23.4. The lowest BCUT2D eigenvalue weighted by molar-refractivity contribution is -0.137. The second-order valence-corrected chi connectivity index (χ2v) is 9.23. The number of benzene rings is 3. The third-order valence-electron chi connectivity index (χ3n) is 6.40. The number of aliphatic imine (C=N–C) groups is 1. The van der Waals surface area contributed by atoms with Gasteiger partial charge in [-0.25, -0.2) is 4.99 Å². The zero-order valence-corrected chi connectivity index (χ0v) is 21.5. The van der Waals surface area contributed by atoms with Crippen LogP contribution in [-0.2, 0) is 22.5 Å². The van der Waals surface area contributed by atoms with Crippen molar-refractivity contribution in [3.8, 4) is 5.75 Å². The van der Waals surface area contributed by atoms with E-state index >= 15 is 0 Å². The van der Waals surface area contributed by atoms with Gasteiger partial charge in [-0.2, -0.15) is 0 Å². The number of likely N-dealkylation sites (N-methyl/N-ethyl adjacent to an activating group) is 1. The van der Waals surface area contributed by atoms with E-state index in [1.54, 1.807) is 19.0 Å². The molecule has 0 saturated carbocycles. The van der Waals surface area contributed by atoms with Gasteiger partial charge in [-0.05, 0) is 46.5 Å². The Morgan fingerprint density at radius 2 is 1.76 bits per heavy atom. The number of nitrogens with zero attached hydrogens (tertiary/aromatic N) is 5. The van der Waals surface area contributed by atoms with Crippen LogP contribution in [0.25, 0.3) is 10.4 Å². The Hall–Kier alpha value is -4.33. The number of aliphatic hydroxyl groups is 1. The number of azide groups is 1. The minimum atomic E-state index is -1.29. The Balaban J connectivity index is 1.80. The van der Waals surface area contributed by atoms with Crippen LogP contribution < -0.4 is 4.74 Å². The molecule has 9 nitrogen and oxygen atoms in total. The van der Waals surface area contributed by atoms with Crippen molar-refractivity contribution in [2.45, 2.75) is 31.0 Å². The van der Waals surface area contributed by atoms with Gasteiger partial charge < -0.3 is 19.5 Å². The summed E-state index contributed by atoms with van der Waals surface area (Å²) in [6.07, 6.45) is 0.126. The summed E-state index contributed by atoms with van der Waals surface area (Å²) in [5.74, 6) is 0.843. The van der Waals surface area contributed by atoms with Crippen LogP contribution in [0.1, 0.15) is 34.8 Å². The summed E-state index contributed by atoms with van der Waals surface area (Å²) < 4.78 is 12.2. The molecule has 3 aromatic rings. The molecular weight excluding hydrogens is 482 g/mol.